The van der Waals surface area contributed by atoms with E-state index in [1.54, 1.807) is 13.3 Å². The molecule has 3 aromatic rings. The van der Waals surface area contributed by atoms with Crippen LogP contribution in [-0.4, -0.2) is 37.5 Å². The van der Waals surface area contributed by atoms with Crippen LogP contribution in [0.15, 0.2) is 62.6 Å². The number of para-hydroxylation sites is 1. The Balaban J connectivity index is 0.00000225. The minimum absolute atomic E-state index is 0. The van der Waals surface area contributed by atoms with Gasteiger partial charge in [0.15, 0.2) is 5.96 Å². The van der Waals surface area contributed by atoms with Crippen molar-refractivity contribution >= 4 is 40.9 Å². The maximum Gasteiger partial charge on any atom is 0.191 e. The van der Waals surface area contributed by atoms with Crippen LogP contribution in [0.25, 0.3) is 11.0 Å². The minimum Gasteiger partial charge on any atom is -0.468 e. The van der Waals surface area contributed by atoms with Crippen molar-refractivity contribution in [1.29, 1.82) is 0 Å². The second-order valence-electron chi connectivity index (χ2n) is 6.83. The van der Waals surface area contributed by atoms with E-state index in [1.165, 1.54) is 12.8 Å². The zero-order valence-electron chi connectivity index (χ0n) is 16.1. The normalized spacial score (nSPS) is 16.1. The molecule has 2 aromatic heterocycles. The first-order valence-electron chi connectivity index (χ1n) is 9.53. The molecular weight excluding hydrogens is 467 g/mol. The molecule has 0 saturated carbocycles. The van der Waals surface area contributed by atoms with Gasteiger partial charge in [0, 0.05) is 19.0 Å². The average Bonchev–Trinajstić information content (AvgIpc) is 3.46. The fraction of sp³-hybridized carbons (Fsp3) is 0.381. The summed E-state index contributed by atoms with van der Waals surface area (Å²) in [4.78, 5) is 6.81. The zero-order chi connectivity index (χ0) is 18.5. The molecule has 0 spiro atoms. The zero-order valence-corrected chi connectivity index (χ0v) is 18.4. The largest absolute Gasteiger partial charge is 0.468 e. The van der Waals surface area contributed by atoms with Gasteiger partial charge in [-0.25, -0.2) is 0 Å². The first-order chi connectivity index (χ1) is 13.3. The molecule has 1 saturated heterocycles. The first kappa shape index (κ1) is 20.7. The molecule has 1 atom stereocenters. The highest BCUT2D eigenvalue weighted by Crippen LogP contribution is 2.25. The third-order valence-corrected chi connectivity index (χ3v) is 5.05. The highest BCUT2D eigenvalue weighted by Gasteiger charge is 2.25. The number of furan rings is 2. The summed E-state index contributed by atoms with van der Waals surface area (Å²) in [5.74, 6) is 2.64. The molecule has 1 aliphatic rings. The van der Waals surface area contributed by atoms with Gasteiger partial charge in [0.1, 0.15) is 17.1 Å². The lowest BCUT2D eigenvalue weighted by atomic mass is 10.2. The Hall–Kier alpha value is -2.00. The predicted molar refractivity (Wildman–Crippen MR) is 122 cm³/mol. The van der Waals surface area contributed by atoms with Crippen LogP contribution in [0.4, 0.5) is 0 Å². The van der Waals surface area contributed by atoms with Gasteiger partial charge in [-0.05, 0) is 50.2 Å². The van der Waals surface area contributed by atoms with Crippen LogP contribution in [0.3, 0.4) is 0 Å². The summed E-state index contributed by atoms with van der Waals surface area (Å²) < 4.78 is 11.5. The number of rotatable bonds is 6. The summed E-state index contributed by atoms with van der Waals surface area (Å²) in [6, 6.07) is 14.3. The molecule has 1 fully saturated rings. The van der Waals surface area contributed by atoms with Gasteiger partial charge < -0.3 is 19.5 Å². The van der Waals surface area contributed by atoms with Crippen LogP contribution in [0.2, 0.25) is 0 Å². The van der Waals surface area contributed by atoms with Gasteiger partial charge in [0.05, 0.1) is 18.8 Å². The van der Waals surface area contributed by atoms with Gasteiger partial charge >= 0.3 is 0 Å². The van der Waals surface area contributed by atoms with E-state index < -0.39 is 0 Å². The molecule has 3 heterocycles. The standard InChI is InChI=1S/C21H26N4O2.HI/c1-22-21(23-14-17-13-16-7-2-3-8-19(16)27-17)24-15-18(20-9-6-12-26-20)25-10-4-5-11-25;/h2-3,6-9,12-13,18H,4-5,10-11,14-15H2,1H3,(H2,22,23,24);1H. The summed E-state index contributed by atoms with van der Waals surface area (Å²) in [6.07, 6.45) is 4.24. The molecule has 6 nitrogen and oxygen atoms in total. The van der Waals surface area contributed by atoms with Crippen LogP contribution in [-0.2, 0) is 6.54 Å². The Bertz CT molecular complexity index is 852. The molecular formula is C21H27IN4O2. The number of aliphatic imine (C=N–C) groups is 1. The van der Waals surface area contributed by atoms with Gasteiger partial charge in [-0.15, -0.1) is 24.0 Å². The van der Waals surface area contributed by atoms with E-state index in [9.17, 15) is 0 Å². The van der Waals surface area contributed by atoms with Crippen LogP contribution in [0.5, 0.6) is 0 Å². The van der Waals surface area contributed by atoms with Crippen molar-refractivity contribution in [3.63, 3.8) is 0 Å². The number of halogens is 1. The summed E-state index contributed by atoms with van der Waals surface area (Å²) in [7, 11) is 1.78. The lowest BCUT2D eigenvalue weighted by molar-refractivity contribution is 0.215. The SMILES string of the molecule is CN=C(NCc1cc2ccccc2o1)NCC(c1ccco1)N1CCCC1.I. The highest BCUT2D eigenvalue weighted by molar-refractivity contribution is 14.0. The van der Waals surface area contributed by atoms with E-state index in [0.29, 0.717) is 6.54 Å². The Labute approximate surface area is 182 Å². The van der Waals surface area contributed by atoms with Gasteiger partial charge in [-0.1, -0.05) is 18.2 Å². The number of hydrogen-bond acceptors (Lipinski definition) is 4. The smallest absolute Gasteiger partial charge is 0.191 e. The van der Waals surface area contributed by atoms with E-state index in [4.69, 9.17) is 8.83 Å². The summed E-state index contributed by atoms with van der Waals surface area (Å²) >= 11 is 0. The number of benzene rings is 1. The third-order valence-electron chi connectivity index (χ3n) is 5.05. The van der Waals surface area contributed by atoms with Crippen LogP contribution >= 0.6 is 24.0 Å². The lowest BCUT2D eigenvalue weighted by Gasteiger charge is -2.26. The summed E-state index contributed by atoms with van der Waals surface area (Å²) in [5, 5.41) is 7.88. The fourth-order valence-corrected chi connectivity index (χ4v) is 3.65. The van der Waals surface area contributed by atoms with Crippen LogP contribution in [0.1, 0.15) is 30.4 Å². The average molecular weight is 494 g/mol. The van der Waals surface area contributed by atoms with Gasteiger partial charge in [0.25, 0.3) is 0 Å². The number of nitrogens with one attached hydrogen (secondary N) is 2. The van der Waals surface area contributed by atoms with E-state index in [2.05, 4.69) is 38.7 Å². The molecule has 0 aliphatic carbocycles. The van der Waals surface area contributed by atoms with Crippen LogP contribution in [0, 0.1) is 0 Å². The number of guanidine groups is 1. The number of nitrogens with zero attached hydrogens (tertiary/aromatic N) is 2. The molecule has 0 amide bonds. The maximum absolute atomic E-state index is 5.86. The van der Waals surface area contributed by atoms with Crippen molar-refractivity contribution in [1.82, 2.24) is 15.5 Å². The van der Waals surface area contributed by atoms with Gasteiger partial charge in [-0.2, -0.15) is 0 Å². The van der Waals surface area contributed by atoms with Gasteiger partial charge in [0.2, 0.25) is 0 Å². The Morgan fingerprint density at radius 1 is 1.14 bits per heavy atom. The topological polar surface area (TPSA) is 65.9 Å². The predicted octanol–water partition coefficient (Wildman–Crippen LogP) is 4.15. The molecule has 1 aliphatic heterocycles. The Kier molecular flexibility index (Phi) is 7.38. The molecule has 4 rings (SSSR count). The van der Waals surface area contributed by atoms with E-state index in [0.717, 1.165) is 48.1 Å². The van der Waals surface area contributed by atoms with Crippen molar-refractivity contribution in [3.8, 4) is 0 Å². The number of hydrogen-bond donors (Lipinski definition) is 2. The molecule has 1 unspecified atom stereocenters. The van der Waals surface area contributed by atoms with Gasteiger partial charge in [-0.3, -0.25) is 9.89 Å². The second kappa shape index (κ2) is 9.97. The molecule has 28 heavy (non-hydrogen) atoms. The monoisotopic (exact) mass is 494 g/mol. The fourth-order valence-electron chi connectivity index (χ4n) is 3.65. The minimum atomic E-state index is 0. The van der Waals surface area contributed by atoms with E-state index in [1.807, 2.05) is 24.3 Å². The second-order valence-corrected chi connectivity index (χ2v) is 6.83. The lowest BCUT2D eigenvalue weighted by Crippen LogP contribution is -2.42. The van der Waals surface area contributed by atoms with E-state index in [-0.39, 0.29) is 30.0 Å². The number of likely N-dealkylation sites (tertiary alicyclic amines) is 1. The quantitative estimate of drug-likeness (QED) is 0.306. The first-order valence-corrected chi connectivity index (χ1v) is 9.53. The molecule has 7 heteroatoms. The van der Waals surface area contributed by atoms with Crippen molar-refractivity contribution in [2.45, 2.75) is 25.4 Å². The third kappa shape index (κ3) is 4.88. The summed E-state index contributed by atoms with van der Waals surface area (Å²) in [6.45, 7) is 3.55. The number of fused-ring (bicyclic) bond motifs is 1. The molecule has 0 radical (unpaired) electrons. The summed E-state index contributed by atoms with van der Waals surface area (Å²) in [5.41, 5.74) is 0.907. The molecule has 0 bridgehead atoms. The molecule has 2 N–H and O–H groups in total. The highest BCUT2D eigenvalue weighted by atomic mass is 127. The molecule has 1 aromatic carbocycles. The van der Waals surface area contributed by atoms with Crippen molar-refractivity contribution < 1.29 is 8.83 Å². The van der Waals surface area contributed by atoms with Crippen molar-refractivity contribution in [2.24, 2.45) is 4.99 Å². The molecule has 150 valence electrons. The Morgan fingerprint density at radius 3 is 2.68 bits per heavy atom. The van der Waals surface area contributed by atoms with Crippen molar-refractivity contribution in [2.75, 3.05) is 26.7 Å². The van der Waals surface area contributed by atoms with E-state index >= 15 is 0 Å². The van der Waals surface area contributed by atoms with Crippen LogP contribution < -0.4 is 10.6 Å². The van der Waals surface area contributed by atoms with Crippen molar-refractivity contribution in [3.05, 3.63) is 60.2 Å². The maximum atomic E-state index is 5.86. The Morgan fingerprint density at radius 2 is 1.96 bits per heavy atom.